The summed E-state index contributed by atoms with van der Waals surface area (Å²) in [6, 6.07) is 92.5. The maximum atomic E-state index is 6.55. The second-order valence-corrected chi connectivity index (χ2v) is 18.0. The highest BCUT2D eigenvalue weighted by atomic mass is 16.3. The van der Waals surface area contributed by atoms with Crippen LogP contribution in [0.15, 0.2) is 259 Å². The first-order valence-corrected chi connectivity index (χ1v) is 23.7. The smallest absolute Gasteiger partial charge is 0.143 e. The average molecular weight is 879 g/mol. The van der Waals surface area contributed by atoms with Gasteiger partial charge in [-0.3, -0.25) is 0 Å². The molecule has 0 atom stereocenters. The van der Waals surface area contributed by atoms with E-state index in [-0.39, 0.29) is 0 Å². The molecule has 0 N–H and O–H groups in total. The topological polar surface area (TPSA) is 23.0 Å². The summed E-state index contributed by atoms with van der Waals surface area (Å²) in [6.45, 7) is 0. The highest BCUT2D eigenvalue weighted by molar-refractivity contribution is 6.17. The number of hydrogen-bond acceptors (Lipinski definition) is 1. The molecule has 0 aliphatic rings. The zero-order valence-electron chi connectivity index (χ0n) is 37.6. The molecule has 3 nitrogen and oxygen atoms in total. The molecule has 3 heterocycles. The Labute approximate surface area is 399 Å². The molecule has 14 rings (SSSR count). The molecule has 3 aromatic heterocycles. The second kappa shape index (κ2) is 15.7. The first kappa shape index (κ1) is 39.0. The molecular weight excluding hydrogens is 837 g/mol. The molecule has 0 fully saturated rings. The number of hydrogen-bond donors (Lipinski definition) is 0. The Morgan fingerprint density at radius 3 is 1.61 bits per heavy atom. The van der Waals surface area contributed by atoms with Gasteiger partial charge in [0.1, 0.15) is 11.2 Å². The SMILES string of the molecule is c1ccc(-c2cccc(-c3cccc4c3c3cc(-c5ccc6c(c5)c5ccccc5n6-c5ccc(-c6cccc7c6oc6ccccc67)cc5-c5ccccc5)ccc3n4-c3ccccc3)c2)cc1. The van der Waals surface area contributed by atoms with Crippen LogP contribution < -0.4 is 0 Å². The number of para-hydroxylation sites is 4. The maximum absolute atomic E-state index is 6.55. The lowest BCUT2D eigenvalue weighted by Crippen LogP contribution is -1.98. The van der Waals surface area contributed by atoms with Crippen LogP contribution in [0.5, 0.6) is 0 Å². The van der Waals surface area contributed by atoms with Crippen LogP contribution in [0.1, 0.15) is 0 Å². The Hall–Kier alpha value is -9.18. The van der Waals surface area contributed by atoms with Crippen LogP contribution in [-0.4, -0.2) is 9.13 Å². The van der Waals surface area contributed by atoms with Gasteiger partial charge in [0.05, 0.1) is 27.8 Å². The Morgan fingerprint density at radius 2 is 0.797 bits per heavy atom. The maximum Gasteiger partial charge on any atom is 0.143 e. The van der Waals surface area contributed by atoms with Crippen LogP contribution in [0, 0.1) is 0 Å². The van der Waals surface area contributed by atoms with Gasteiger partial charge >= 0.3 is 0 Å². The van der Waals surface area contributed by atoms with Gasteiger partial charge in [0.2, 0.25) is 0 Å². The van der Waals surface area contributed by atoms with Crippen LogP contribution in [0.3, 0.4) is 0 Å². The van der Waals surface area contributed by atoms with Crippen molar-refractivity contribution in [3.63, 3.8) is 0 Å². The lowest BCUT2D eigenvalue weighted by molar-refractivity contribution is 0.670. The van der Waals surface area contributed by atoms with Crippen LogP contribution in [0.2, 0.25) is 0 Å². The van der Waals surface area contributed by atoms with Crippen molar-refractivity contribution in [2.45, 2.75) is 0 Å². The Morgan fingerprint density at radius 1 is 0.261 bits per heavy atom. The van der Waals surface area contributed by atoms with E-state index < -0.39 is 0 Å². The lowest BCUT2D eigenvalue weighted by atomic mass is 9.95. The number of nitrogens with zero attached hydrogens (tertiary/aromatic N) is 2. The third kappa shape index (κ3) is 6.29. The molecule has 322 valence electrons. The summed E-state index contributed by atoms with van der Waals surface area (Å²) < 4.78 is 11.4. The number of aromatic nitrogens is 2. The monoisotopic (exact) mass is 878 g/mol. The fourth-order valence-electron chi connectivity index (χ4n) is 11.0. The van der Waals surface area contributed by atoms with E-state index in [9.17, 15) is 0 Å². The molecule has 0 unspecified atom stereocenters. The molecule has 0 saturated carbocycles. The summed E-state index contributed by atoms with van der Waals surface area (Å²) in [6.07, 6.45) is 0. The van der Waals surface area contributed by atoms with Crippen molar-refractivity contribution in [3.05, 3.63) is 255 Å². The summed E-state index contributed by atoms with van der Waals surface area (Å²) in [5, 5.41) is 7.15. The summed E-state index contributed by atoms with van der Waals surface area (Å²) in [7, 11) is 0. The van der Waals surface area contributed by atoms with Gasteiger partial charge < -0.3 is 13.6 Å². The first-order valence-electron chi connectivity index (χ1n) is 23.7. The second-order valence-electron chi connectivity index (χ2n) is 18.0. The van der Waals surface area contributed by atoms with Gasteiger partial charge in [-0.25, -0.2) is 0 Å². The molecule has 69 heavy (non-hydrogen) atoms. The molecule has 0 spiro atoms. The normalized spacial score (nSPS) is 11.8. The molecule has 0 amide bonds. The molecule has 0 bridgehead atoms. The van der Waals surface area contributed by atoms with Crippen molar-refractivity contribution in [2.24, 2.45) is 0 Å². The summed E-state index contributed by atoms with van der Waals surface area (Å²) >= 11 is 0. The van der Waals surface area contributed by atoms with Gasteiger partial charge in [0.25, 0.3) is 0 Å². The Balaban J connectivity index is 0.951. The zero-order chi connectivity index (χ0) is 45.4. The van der Waals surface area contributed by atoms with Crippen molar-refractivity contribution >= 4 is 65.6 Å². The van der Waals surface area contributed by atoms with E-state index in [4.69, 9.17) is 4.42 Å². The van der Waals surface area contributed by atoms with Gasteiger partial charge in [0, 0.05) is 49.1 Å². The Bertz CT molecular complexity index is 4290. The number of fused-ring (bicyclic) bond motifs is 9. The lowest BCUT2D eigenvalue weighted by Gasteiger charge is -2.16. The molecule has 0 aliphatic carbocycles. The van der Waals surface area contributed by atoms with Gasteiger partial charge in [-0.2, -0.15) is 0 Å². The minimum Gasteiger partial charge on any atom is -0.455 e. The molecule has 0 radical (unpaired) electrons. The summed E-state index contributed by atoms with van der Waals surface area (Å²) in [4.78, 5) is 0. The first-order chi connectivity index (χ1) is 34.2. The molecule has 0 aliphatic heterocycles. The van der Waals surface area contributed by atoms with E-state index in [0.29, 0.717) is 0 Å². The number of furan rings is 1. The predicted octanol–water partition coefficient (Wildman–Crippen LogP) is 18.1. The van der Waals surface area contributed by atoms with Crippen molar-refractivity contribution in [3.8, 4) is 67.0 Å². The summed E-state index contributed by atoms with van der Waals surface area (Å²) in [5.74, 6) is 0. The van der Waals surface area contributed by atoms with Crippen molar-refractivity contribution in [1.29, 1.82) is 0 Å². The summed E-state index contributed by atoms with van der Waals surface area (Å²) in [5.41, 5.74) is 20.4. The van der Waals surface area contributed by atoms with Gasteiger partial charge in [-0.15, -0.1) is 0 Å². The van der Waals surface area contributed by atoms with E-state index in [1.165, 1.54) is 66.0 Å². The van der Waals surface area contributed by atoms with Crippen LogP contribution in [0.25, 0.3) is 133 Å². The van der Waals surface area contributed by atoms with Crippen molar-refractivity contribution in [1.82, 2.24) is 9.13 Å². The molecule has 11 aromatic carbocycles. The van der Waals surface area contributed by atoms with Crippen LogP contribution in [0.4, 0.5) is 0 Å². The minimum atomic E-state index is 0.901. The highest BCUT2D eigenvalue weighted by Gasteiger charge is 2.21. The van der Waals surface area contributed by atoms with E-state index in [0.717, 1.165) is 66.6 Å². The standard InChI is InChI=1S/C66H42N2O/c1-4-17-43(18-5-1)45-21-14-22-48(39-45)51-27-16-31-63-65(51)58-41-47(34-37-62(58)67(63)50-23-8-3-9-24-50)46-33-36-61-57(40-46)53-25-10-12-30-59(53)68(61)60-38-35-49(42-56(60)44-19-6-2-7-20-44)52-28-15-29-55-54-26-11-13-32-64(54)69-66(52)55/h1-42H. The fourth-order valence-corrected chi connectivity index (χ4v) is 11.0. The predicted molar refractivity (Wildman–Crippen MR) is 290 cm³/mol. The number of rotatable bonds is 7. The van der Waals surface area contributed by atoms with Gasteiger partial charge in [-0.1, -0.05) is 182 Å². The minimum absolute atomic E-state index is 0.901. The highest BCUT2D eigenvalue weighted by Crippen LogP contribution is 2.44. The zero-order valence-corrected chi connectivity index (χ0v) is 37.6. The van der Waals surface area contributed by atoms with Crippen LogP contribution >= 0.6 is 0 Å². The van der Waals surface area contributed by atoms with E-state index in [1.54, 1.807) is 0 Å². The van der Waals surface area contributed by atoms with Crippen molar-refractivity contribution < 1.29 is 4.42 Å². The largest absolute Gasteiger partial charge is 0.455 e. The van der Waals surface area contributed by atoms with E-state index in [1.807, 2.05) is 6.07 Å². The molecule has 3 heteroatoms. The Kier molecular flexibility index (Phi) is 8.90. The van der Waals surface area contributed by atoms with Gasteiger partial charge in [0.15, 0.2) is 0 Å². The third-order valence-electron chi connectivity index (χ3n) is 14.1. The number of benzene rings is 11. The third-order valence-corrected chi connectivity index (χ3v) is 14.1. The molecular formula is C66H42N2O. The van der Waals surface area contributed by atoms with Crippen molar-refractivity contribution in [2.75, 3.05) is 0 Å². The molecule has 0 saturated heterocycles. The quantitative estimate of drug-likeness (QED) is 0.156. The van der Waals surface area contributed by atoms with E-state index in [2.05, 4.69) is 258 Å². The fraction of sp³-hybridized carbons (Fsp3) is 0. The molecule has 14 aromatic rings. The van der Waals surface area contributed by atoms with Crippen LogP contribution in [-0.2, 0) is 0 Å². The van der Waals surface area contributed by atoms with E-state index >= 15 is 0 Å². The average Bonchev–Trinajstić information content (AvgIpc) is 4.09. The van der Waals surface area contributed by atoms with Gasteiger partial charge in [-0.05, 0) is 117 Å².